The highest BCUT2D eigenvalue weighted by atomic mass is 19.1. The predicted molar refractivity (Wildman–Crippen MR) is 111 cm³/mol. The molecule has 0 unspecified atom stereocenters. The van der Waals surface area contributed by atoms with Crippen molar-refractivity contribution in [2.75, 3.05) is 45.9 Å². The zero-order valence-electron chi connectivity index (χ0n) is 17.6. The number of nitrogens with zero attached hydrogens (tertiary/aromatic N) is 3. The lowest BCUT2D eigenvalue weighted by atomic mass is 10.0. The van der Waals surface area contributed by atoms with E-state index in [0.29, 0.717) is 32.5 Å². The monoisotopic (exact) mass is 417 g/mol. The first-order valence-electron chi connectivity index (χ1n) is 11.3. The van der Waals surface area contributed by atoms with Crippen LogP contribution in [-0.4, -0.2) is 84.5 Å². The van der Waals surface area contributed by atoms with Crippen LogP contribution in [0.3, 0.4) is 0 Å². The quantitative estimate of drug-likeness (QED) is 0.711. The molecule has 4 rings (SSSR count). The lowest BCUT2D eigenvalue weighted by Crippen LogP contribution is -2.52. The van der Waals surface area contributed by atoms with Gasteiger partial charge in [-0.2, -0.15) is 0 Å². The van der Waals surface area contributed by atoms with E-state index in [0.717, 1.165) is 57.4 Å². The average molecular weight is 418 g/mol. The van der Waals surface area contributed by atoms with Crippen LogP contribution >= 0.6 is 0 Å². The number of hydrogen-bond donors (Lipinski definition) is 0. The van der Waals surface area contributed by atoms with Crippen LogP contribution in [0.25, 0.3) is 0 Å². The summed E-state index contributed by atoms with van der Waals surface area (Å²) in [5.74, 6) is 0.0905. The molecule has 6 nitrogen and oxygen atoms in total. The topological polar surface area (TPSA) is 53.1 Å². The van der Waals surface area contributed by atoms with Gasteiger partial charge < -0.3 is 14.5 Å². The number of amides is 2. The highest BCUT2D eigenvalue weighted by Gasteiger charge is 2.31. The van der Waals surface area contributed by atoms with E-state index in [2.05, 4.69) is 4.90 Å². The summed E-state index contributed by atoms with van der Waals surface area (Å²) < 4.78 is 19.0. The fraction of sp³-hybridized carbons (Fsp3) is 0.652. The molecule has 0 aromatic heterocycles. The van der Waals surface area contributed by atoms with Gasteiger partial charge in [0.2, 0.25) is 5.91 Å². The predicted octanol–water partition coefficient (Wildman–Crippen LogP) is 2.07. The van der Waals surface area contributed by atoms with Crippen molar-refractivity contribution >= 4 is 11.8 Å². The van der Waals surface area contributed by atoms with Crippen LogP contribution in [0, 0.1) is 5.82 Å². The van der Waals surface area contributed by atoms with E-state index in [4.69, 9.17) is 4.74 Å². The van der Waals surface area contributed by atoms with Crippen molar-refractivity contribution in [2.24, 2.45) is 0 Å². The zero-order chi connectivity index (χ0) is 20.9. The zero-order valence-corrected chi connectivity index (χ0v) is 17.6. The van der Waals surface area contributed by atoms with Crippen LogP contribution in [-0.2, 0) is 20.7 Å². The van der Waals surface area contributed by atoms with Crippen molar-refractivity contribution in [1.82, 2.24) is 14.7 Å². The van der Waals surface area contributed by atoms with Crippen molar-refractivity contribution in [1.29, 1.82) is 0 Å². The molecule has 1 aromatic rings. The number of rotatable bonds is 6. The number of benzene rings is 1. The number of carbonyl (C=O) groups is 2. The van der Waals surface area contributed by atoms with Gasteiger partial charge in [0, 0.05) is 58.3 Å². The lowest BCUT2D eigenvalue weighted by Gasteiger charge is -2.36. The van der Waals surface area contributed by atoms with Gasteiger partial charge in [0.05, 0.1) is 0 Å². The second kappa shape index (κ2) is 9.88. The van der Waals surface area contributed by atoms with Gasteiger partial charge in [0.15, 0.2) is 0 Å². The Morgan fingerprint density at radius 2 is 1.90 bits per heavy atom. The third-order valence-electron chi connectivity index (χ3n) is 6.59. The largest absolute Gasteiger partial charge is 0.368 e. The van der Waals surface area contributed by atoms with Gasteiger partial charge in [-0.3, -0.25) is 14.5 Å². The number of ether oxygens (including phenoxy) is 1. The smallest absolute Gasteiger partial charge is 0.251 e. The standard InChI is InChI=1S/C23H32FN3O3/c24-19-5-1-4-18(16-19)17-20-6-2-9-27(20)22(28)8-10-25-11-13-26(14-12-25)23(29)21-7-3-15-30-21/h1,4-5,16,20-21H,2-3,6-15,17H2/t20-,21+/m0/s1. The minimum Gasteiger partial charge on any atom is -0.368 e. The average Bonchev–Trinajstić information content (AvgIpc) is 3.44. The summed E-state index contributed by atoms with van der Waals surface area (Å²) in [7, 11) is 0. The maximum atomic E-state index is 13.5. The molecule has 3 fully saturated rings. The van der Waals surface area contributed by atoms with Crippen molar-refractivity contribution in [3.63, 3.8) is 0 Å². The van der Waals surface area contributed by atoms with E-state index in [1.54, 1.807) is 12.1 Å². The molecule has 164 valence electrons. The summed E-state index contributed by atoms with van der Waals surface area (Å²) in [6, 6.07) is 6.85. The van der Waals surface area contributed by atoms with E-state index < -0.39 is 0 Å². The number of halogens is 1. The molecule has 0 bridgehead atoms. The third-order valence-corrected chi connectivity index (χ3v) is 6.59. The van der Waals surface area contributed by atoms with Crippen LogP contribution in [0.5, 0.6) is 0 Å². The van der Waals surface area contributed by atoms with Crippen LogP contribution in [0.2, 0.25) is 0 Å². The molecule has 30 heavy (non-hydrogen) atoms. The molecule has 0 N–H and O–H groups in total. The van der Waals surface area contributed by atoms with Gasteiger partial charge in [-0.05, 0) is 49.8 Å². The van der Waals surface area contributed by atoms with Gasteiger partial charge in [-0.1, -0.05) is 12.1 Å². The molecule has 3 heterocycles. The van der Waals surface area contributed by atoms with Crippen molar-refractivity contribution < 1.29 is 18.7 Å². The van der Waals surface area contributed by atoms with Gasteiger partial charge in [0.25, 0.3) is 5.91 Å². The molecule has 3 aliphatic rings. The molecule has 0 aliphatic carbocycles. The molecule has 2 atom stereocenters. The number of piperazine rings is 1. The Kier molecular flexibility index (Phi) is 7.00. The fourth-order valence-electron chi connectivity index (χ4n) is 4.88. The Bertz CT molecular complexity index is 745. The van der Waals surface area contributed by atoms with Crippen LogP contribution < -0.4 is 0 Å². The summed E-state index contributed by atoms with van der Waals surface area (Å²) in [5, 5.41) is 0. The van der Waals surface area contributed by atoms with Gasteiger partial charge in [-0.25, -0.2) is 4.39 Å². The van der Waals surface area contributed by atoms with E-state index in [-0.39, 0.29) is 29.8 Å². The fourth-order valence-corrected chi connectivity index (χ4v) is 4.88. The Morgan fingerprint density at radius 1 is 1.07 bits per heavy atom. The summed E-state index contributed by atoms with van der Waals surface area (Å²) in [6.07, 6.45) is 4.76. The molecule has 0 radical (unpaired) electrons. The molecule has 7 heteroatoms. The van der Waals surface area contributed by atoms with Crippen LogP contribution in [0.15, 0.2) is 24.3 Å². The minimum atomic E-state index is -0.247. The minimum absolute atomic E-state index is 0.125. The van der Waals surface area contributed by atoms with Crippen molar-refractivity contribution in [3.8, 4) is 0 Å². The molecule has 3 saturated heterocycles. The van der Waals surface area contributed by atoms with Gasteiger partial charge in [0.1, 0.15) is 11.9 Å². The summed E-state index contributed by atoms with van der Waals surface area (Å²) >= 11 is 0. The summed E-state index contributed by atoms with van der Waals surface area (Å²) in [6.45, 7) is 5.23. The SMILES string of the molecule is O=C([C@H]1CCCO1)N1CCN(CCC(=O)N2CCC[C@H]2Cc2cccc(F)c2)CC1. The molecule has 0 spiro atoms. The Balaban J connectivity index is 1.21. The number of likely N-dealkylation sites (tertiary alicyclic amines) is 1. The number of hydrogen-bond acceptors (Lipinski definition) is 4. The molecule has 1 aromatic carbocycles. The van der Waals surface area contributed by atoms with Crippen molar-refractivity contribution in [3.05, 3.63) is 35.6 Å². The van der Waals surface area contributed by atoms with Crippen molar-refractivity contribution in [2.45, 2.75) is 50.7 Å². The first-order valence-corrected chi connectivity index (χ1v) is 11.3. The van der Waals surface area contributed by atoms with Crippen LogP contribution in [0.1, 0.15) is 37.7 Å². The van der Waals surface area contributed by atoms with Crippen LogP contribution in [0.4, 0.5) is 4.39 Å². The third kappa shape index (κ3) is 5.19. The summed E-state index contributed by atoms with van der Waals surface area (Å²) in [4.78, 5) is 31.5. The molecular weight excluding hydrogens is 385 g/mol. The van der Waals surface area contributed by atoms with Gasteiger partial charge >= 0.3 is 0 Å². The maximum absolute atomic E-state index is 13.5. The first-order chi connectivity index (χ1) is 14.6. The van der Waals surface area contributed by atoms with E-state index in [1.165, 1.54) is 6.07 Å². The van der Waals surface area contributed by atoms with Gasteiger partial charge in [-0.15, -0.1) is 0 Å². The maximum Gasteiger partial charge on any atom is 0.251 e. The van der Waals surface area contributed by atoms with E-state index in [1.807, 2.05) is 15.9 Å². The Hall–Kier alpha value is -1.99. The summed E-state index contributed by atoms with van der Waals surface area (Å²) in [5.41, 5.74) is 0.951. The second-order valence-electron chi connectivity index (χ2n) is 8.64. The Morgan fingerprint density at radius 3 is 2.63 bits per heavy atom. The molecule has 0 saturated carbocycles. The highest BCUT2D eigenvalue weighted by Crippen LogP contribution is 2.23. The van der Waals surface area contributed by atoms with E-state index >= 15 is 0 Å². The molecule has 3 aliphatic heterocycles. The normalized spacial score (nSPS) is 25.1. The highest BCUT2D eigenvalue weighted by molar-refractivity contribution is 5.81. The molecular formula is C23H32FN3O3. The lowest BCUT2D eigenvalue weighted by molar-refractivity contribution is -0.143. The Labute approximate surface area is 177 Å². The first kappa shape index (κ1) is 21.2. The molecule has 2 amide bonds. The number of carbonyl (C=O) groups excluding carboxylic acids is 2. The van der Waals surface area contributed by atoms with E-state index in [9.17, 15) is 14.0 Å². The second-order valence-corrected chi connectivity index (χ2v) is 8.64.